The molecule has 0 amide bonds. The minimum Gasteiger partial charge on any atom is -0.489 e. The number of ether oxygens (including phenoxy) is 2. The second-order valence-electron chi connectivity index (χ2n) is 5.95. The molecule has 0 heterocycles. The molecule has 0 bridgehead atoms. The van der Waals surface area contributed by atoms with Crippen molar-refractivity contribution >= 4 is 11.6 Å². The van der Waals surface area contributed by atoms with Gasteiger partial charge < -0.3 is 14.8 Å². The van der Waals surface area contributed by atoms with Crippen LogP contribution in [0, 0.1) is 0 Å². The summed E-state index contributed by atoms with van der Waals surface area (Å²) in [7, 11) is 1.76. The van der Waals surface area contributed by atoms with Gasteiger partial charge in [0.2, 0.25) is 0 Å². The maximum atomic E-state index is 6.02. The van der Waals surface area contributed by atoms with Gasteiger partial charge in [-0.1, -0.05) is 24.6 Å². The van der Waals surface area contributed by atoms with Crippen LogP contribution in [0.15, 0.2) is 24.3 Å². The smallest absolute Gasteiger partial charge is 0.121 e. The van der Waals surface area contributed by atoms with Crippen LogP contribution < -0.4 is 10.1 Å². The Morgan fingerprint density at radius 2 is 2.05 bits per heavy atom. The lowest BCUT2D eigenvalue weighted by Gasteiger charge is -2.30. The molecule has 2 atom stereocenters. The van der Waals surface area contributed by atoms with E-state index in [-0.39, 0.29) is 17.7 Å². The highest BCUT2D eigenvalue weighted by molar-refractivity contribution is 6.30. The standard InChI is InChI=1S/C17H28ClNO2/c1-6-19-16(10-11-17(3,4)20-5)13(2)21-15-9-7-8-14(18)12-15/h7-9,12-13,16,19H,6,10-11H2,1-5H3. The van der Waals surface area contributed by atoms with Gasteiger partial charge in [0.05, 0.1) is 5.60 Å². The van der Waals surface area contributed by atoms with Crippen LogP contribution in [0.4, 0.5) is 0 Å². The molecule has 0 aliphatic heterocycles. The third kappa shape index (κ3) is 6.68. The summed E-state index contributed by atoms with van der Waals surface area (Å²) >= 11 is 6.00. The molecule has 1 N–H and O–H groups in total. The van der Waals surface area contributed by atoms with E-state index in [1.807, 2.05) is 24.3 Å². The van der Waals surface area contributed by atoms with Crippen LogP contribution in [-0.2, 0) is 4.74 Å². The largest absolute Gasteiger partial charge is 0.489 e. The summed E-state index contributed by atoms with van der Waals surface area (Å²) in [5.41, 5.74) is -0.108. The van der Waals surface area contributed by atoms with Crippen LogP contribution in [0.5, 0.6) is 5.75 Å². The predicted molar refractivity (Wildman–Crippen MR) is 89.3 cm³/mol. The Kier molecular flexibility index (Phi) is 7.50. The highest BCUT2D eigenvalue weighted by Gasteiger charge is 2.23. The molecule has 0 aliphatic carbocycles. The maximum Gasteiger partial charge on any atom is 0.121 e. The Hall–Kier alpha value is -0.770. The van der Waals surface area contributed by atoms with Gasteiger partial charge in [0.25, 0.3) is 0 Å². The SMILES string of the molecule is CCNC(CCC(C)(C)OC)C(C)Oc1cccc(Cl)c1. The van der Waals surface area contributed by atoms with Crippen molar-refractivity contribution < 1.29 is 9.47 Å². The van der Waals surface area contributed by atoms with Crippen LogP contribution in [-0.4, -0.2) is 31.4 Å². The quantitative estimate of drug-likeness (QED) is 0.737. The molecule has 4 heteroatoms. The van der Waals surface area contributed by atoms with E-state index in [9.17, 15) is 0 Å². The Morgan fingerprint density at radius 1 is 1.33 bits per heavy atom. The lowest BCUT2D eigenvalue weighted by Crippen LogP contribution is -2.42. The summed E-state index contributed by atoms with van der Waals surface area (Å²) in [5, 5.41) is 4.20. The molecule has 1 aromatic carbocycles. The molecule has 3 nitrogen and oxygen atoms in total. The molecule has 0 aliphatic rings. The van der Waals surface area contributed by atoms with Crippen molar-refractivity contribution in [2.45, 2.75) is 58.3 Å². The van der Waals surface area contributed by atoms with Gasteiger partial charge in [0, 0.05) is 18.2 Å². The molecular formula is C17H28ClNO2. The van der Waals surface area contributed by atoms with Crippen molar-refractivity contribution in [3.63, 3.8) is 0 Å². The zero-order valence-corrected chi connectivity index (χ0v) is 14.5. The molecule has 21 heavy (non-hydrogen) atoms. The number of hydrogen-bond donors (Lipinski definition) is 1. The van der Waals surface area contributed by atoms with Gasteiger partial charge in [-0.2, -0.15) is 0 Å². The van der Waals surface area contributed by atoms with Gasteiger partial charge in [-0.05, 0) is 58.4 Å². The van der Waals surface area contributed by atoms with E-state index in [1.165, 1.54) is 0 Å². The third-order valence-corrected chi connectivity index (χ3v) is 4.00. The summed E-state index contributed by atoms with van der Waals surface area (Å²) in [5.74, 6) is 0.809. The van der Waals surface area contributed by atoms with Gasteiger partial charge in [-0.15, -0.1) is 0 Å². The summed E-state index contributed by atoms with van der Waals surface area (Å²) in [6.07, 6.45) is 2.04. The number of benzene rings is 1. The Morgan fingerprint density at radius 3 is 2.62 bits per heavy atom. The Balaban J connectivity index is 2.62. The van der Waals surface area contributed by atoms with Crippen molar-refractivity contribution in [1.82, 2.24) is 5.32 Å². The van der Waals surface area contributed by atoms with Gasteiger partial charge in [0.15, 0.2) is 0 Å². The molecule has 0 spiro atoms. The molecular weight excluding hydrogens is 286 g/mol. The minimum absolute atomic E-state index is 0.0658. The molecule has 0 radical (unpaired) electrons. The van der Waals surface area contributed by atoms with Gasteiger partial charge in [0.1, 0.15) is 11.9 Å². The summed E-state index contributed by atoms with van der Waals surface area (Å²) in [6, 6.07) is 7.82. The fraction of sp³-hybridized carbons (Fsp3) is 0.647. The number of rotatable bonds is 9. The van der Waals surface area contributed by atoms with E-state index in [1.54, 1.807) is 7.11 Å². The number of nitrogens with one attached hydrogen (secondary N) is 1. The second kappa shape index (κ2) is 8.62. The lowest BCUT2D eigenvalue weighted by atomic mass is 9.96. The van der Waals surface area contributed by atoms with Gasteiger partial charge in [-0.3, -0.25) is 0 Å². The van der Waals surface area contributed by atoms with Crippen molar-refractivity contribution in [1.29, 1.82) is 0 Å². The number of halogens is 1. The van der Waals surface area contributed by atoms with Crippen molar-refractivity contribution in [2.75, 3.05) is 13.7 Å². The molecule has 120 valence electrons. The maximum absolute atomic E-state index is 6.02. The van der Waals surface area contributed by atoms with E-state index in [4.69, 9.17) is 21.1 Å². The molecule has 1 aromatic rings. The highest BCUT2D eigenvalue weighted by Crippen LogP contribution is 2.22. The van der Waals surface area contributed by atoms with E-state index in [2.05, 4.69) is 33.0 Å². The molecule has 0 saturated carbocycles. The minimum atomic E-state index is -0.108. The summed E-state index contributed by atoms with van der Waals surface area (Å²) in [6.45, 7) is 9.34. The van der Waals surface area contributed by atoms with Crippen molar-refractivity contribution in [3.8, 4) is 5.75 Å². The number of hydrogen-bond acceptors (Lipinski definition) is 3. The average molecular weight is 314 g/mol. The average Bonchev–Trinajstić information content (AvgIpc) is 2.43. The fourth-order valence-electron chi connectivity index (χ4n) is 2.21. The molecule has 0 saturated heterocycles. The molecule has 1 rings (SSSR count). The van der Waals surface area contributed by atoms with E-state index in [0.717, 1.165) is 25.1 Å². The van der Waals surface area contributed by atoms with Crippen LogP contribution in [0.25, 0.3) is 0 Å². The number of likely N-dealkylation sites (N-methyl/N-ethyl adjacent to an activating group) is 1. The first kappa shape index (κ1) is 18.3. The van der Waals surface area contributed by atoms with Crippen LogP contribution in [0.1, 0.15) is 40.5 Å². The summed E-state index contributed by atoms with van der Waals surface area (Å²) in [4.78, 5) is 0. The van der Waals surface area contributed by atoms with Crippen LogP contribution in [0.3, 0.4) is 0 Å². The predicted octanol–water partition coefficient (Wildman–Crippen LogP) is 4.29. The van der Waals surface area contributed by atoms with Crippen molar-refractivity contribution in [3.05, 3.63) is 29.3 Å². The van der Waals surface area contributed by atoms with Crippen molar-refractivity contribution in [2.24, 2.45) is 0 Å². The second-order valence-corrected chi connectivity index (χ2v) is 6.38. The lowest BCUT2D eigenvalue weighted by molar-refractivity contribution is 0.00833. The fourth-order valence-corrected chi connectivity index (χ4v) is 2.39. The summed E-state index contributed by atoms with van der Waals surface area (Å²) < 4.78 is 11.5. The Labute approximate surface area is 134 Å². The zero-order valence-electron chi connectivity index (χ0n) is 13.8. The van der Waals surface area contributed by atoms with Crippen LogP contribution >= 0.6 is 11.6 Å². The highest BCUT2D eigenvalue weighted by atomic mass is 35.5. The van der Waals surface area contributed by atoms with Gasteiger partial charge >= 0.3 is 0 Å². The van der Waals surface area contributed by atoms with E-state index < -0.39 is 0 Å². The molecule has 2 unspecified atom stereocenters. The first-order valence-corrected chi connectivity index (χ1v) is 7.96. The first-order valence-electron chi connectivity index (χ1n) is 7.58. The topological polar surface area (TPSA) is 30.5 Å². The normalized spacial score (nSPS) is 14.8. The Bertz CT molecular complexity index is 423. The molecule has 0 aromatic heterocycles. The number of methoxy groups -OCH3 is 1. The van der Waals surface area contributed by atoms with E-state index in [0.29, 0.717) is 5.02 Å². The first-order chi connectivity index (χ1) is 9.88. The zero-order chi connectivity index (χ0) is 15.9. The van der Waals surface area contributed by atoms with E-state index >= 15 is 0 Å². The molecule has 0 fully saturated rings. The van der Waals surface area contributed by atoms with Crippen LogP contribution in [0.2, 0.25) is 5.02 Å². The third-order valence-electron chi connectivity index (χ3n) is 3.76. The monoisotopic (exact) mass is 313 g/mol. The van der Waals surface area contributed by atoms with Gasteiger partial charge in [-0.25, -0.2) is 0 Å².